The lowest BCUT2D eigenvalue weighted by Crippen LogP contribution is -2.36. The van der Waals surface area contributed by atoms with Gasteiger partial charge >= 0.3 is 0 Å². The van der Waals surface area contributed by atoms with Gasteiger partial charge in [0.05, 0.1) is 0 Å². The molecule has 0 unspecified atom stereocenters. The van der Waals surface area contributed by atoms with E-state index in [0.717, 1.165) is 12.5 Å². The quantitative estimate of drug-likeness (QED) is 0.788. The van der Waals surface area contributed by atoms with Gasteiger partial charge in [0.2, 0.25) is 0 Å². The predicted molar refractivity (Wildman–Crippen MR) is 77.6 cm³/mol. The van der Waals surface area contributed by atoms with Crippen molar-refractivity contribution in [2.45, 2.75) is 25.8 Å². The number of likely N-dealkylation sites (tertiary alicyclic amines) is 1. The van der Waals surface area contributed by atoms with E-state index in [0.29, 0.717) is 0 Å². The molecule has 1 saturated heterocycles. The Kier molecular flexibility index (Phi) is 5.21. The van der Waals surface area contributed by atoms with Gasteiger partial charge in [0, 0.05) is 13.1 Å². The lowest BCUT2D eigenvalue weighted by molar-refractivity contribution is 0.155. The van der Waals surface area contributed by atoms with Gasteiger partial charge in [-0.25, -0.2) is 0 Å². The summed E-state index contributed by atoms with van der Waals surface area (Å²) in [6, 6.07) is 10.9. The smallest absolute Gasteiger partial charge is 0.0233 e. The molecule has 0 bridgehead atoms. The molecule has 0 N–H and O–H groups in total. The van der Waals surface area contributed by atoms with Crippen molar-refractivity contribution in [3.8, 4) is 0 Å². The minimum Gasteiger partial charge on any atom is -0.309 e. The van der Waals surface area contributed by atoms with Crippen LogP contribution in [0.4, 0.5) is 0 Å². The first-order valence-electron chi connectivity index (χ1n) is 7.15. The van der Waals surface area contributed by atoms with E-state index in [1.165, 1.54) is 44.5 Å². The molecule has 1 atom stereocenters. The van der Waals surface area contributed by atoms with E-state index in [4.69, 9.17) is 0 Å². The van der Waals surface area contributed by atoms with E-state index in [1.54, 1.807) is 0 Å². The fourth-order valence-electron chi connectivity index (χ4n) is 2.81. The summed E-state index contributed by atoms with van der Waals surface area (Å²) >= 11 is 0. The van der Waals surface area contributed by atoms with Crippen LogP contribution in [-0.4, -0.2) is 43.5 Å². The Balaban J connectivity index is 1.79. The van der Waals surface area contributed by atoms with Gasteiger partial charge in [0.1, 0.15) is 0 Å². The highest BCUT2D eigenvalue weighted by molar-refractivity contribution is 5.14. The van der Waals surface area contributed by atoms with Gasteiger partial charge < -0.3 is 4.90 Å². The van der Waals surface area contributed by atoms with Crippen LogP contribution in [-0.2, 0) is 6.54 Å². The maximum absolute atomic E-state index is 2.62. The van der Waals surface area contributed by atoms with Crippen molar-refractivity contribution in [2.24, 2.45) is 5.92 Å². The van der Waals surface area contributed by atoms with Gasteiger partial charge in [-0.1, -0.05) is 30.3 Å². The fraction of sp³-hybridized carbons (Fsp3) is 0.625. The Morgan fingerprint density at radius 1 is 1.22 bits per heavy atom. The van der Waals surface area contributed by atoms with Gasteiger partial charge in [-0.2, -0.15) is 0 Å². The van der Waals surface area contributed by atoms with Crippen molar-refractivity contribution in [1.82, 2.24) is 9.80 Å². The van der Waals surface area contributed by atoms with Crippen LogP contribution in [0.15, 0.2) is 30.3 Å². The van der Waals surface area contributed by atoms with Gasteiger partial charge in [0.25, 0.3) is 0 Å². The standard InChI is InChI=1S/C16H26N2/c1-17(2)12-10-16-9-6-11-18(14-16)13-15-7-4-3-5-8-15/h3-5,7-8,16H,6,9-14H2,1-2H3/t16-/m0/s1. The molecule has 2 rings (SSSR count). The Morgan fingerprint density at radius 2 is 2.00 bits per heavy atom. The Labute approximate surface area is 112 Å². The first kappa shape index (κ1) is 13.6. The van der Waals surface area contributed by atoms with Crippen LogP contribution in [0.1, 0.15) is 24.8 Å². The van der Waals surface area contributed by atoms with Gasteiger partial charge in [-0.3, -0.25) is 4.90 Å². The number of benzene rings is 1. The monoisotopic (exact) mass is 246 g/mol. The minimum absolute atomic E-state index is 0.893. The molecule has 0 aliphatic carbocycles. The molecule has 2 nitrogen and oxygen atoms in total. The summed E-state index contributed by atoms with van der Waals surface area (Å²) in [5.41, 5.74) is 1.45. The van der Waals surface area contributed by atoms with Crippen molar-refractivity contribution in [2.75, 3.05) is 33.7 Å². The topological polar surface area (TPSA) is 6.48 Å². The zero-order valence-electron chi connectivity index (χ0n) is 11.8. The molecule has 1 aliphatic heterocycles. The lowest BCUT2D eigenvalue weighted by atomic mass is 9.94. The van der Waals surface area contributed by atoms with E-state index in [9.17, 15) is 0 Å². The molecule has 1 aliphatic rings. The Morgan fingerprint density at radius 3 is 2.72 bits per heavy atom. The average molecular weight is 246 g/mol. The first-order valence-corrected chi connectivity index (χ1v) is 7.15. The second kappa shape index (κ2) is 6.91. The zero-order valence-corrected chi connectivity index (χ0v) is 11.8. The normalized spacial score (nSPS) is 21.4. The SMILES string of the molecule is CN(C)CC[C@@H]1CCCN(Cc2ccccc2)C1. The highest BCUT2D eigenvalue weighted by Gasteiger charge is 2.19. The van der Waals surface area contributed by atoms with E-state index >= 15 is 0 Å². The van der Waals surface area contributed by atoms with E-state index in [-0.39, 0.29) is 0 Å². The molecule has 0 spiro atoms. The number of hydrogen-bond donors (Lipinski definition) is 0. The van der Waals surface area contributed by atoms with Crippen molar-refractivity contribution < 1.29 is 0 Å². The van der Waals surface area contributed by atoms with Crippen LogP contribution in [0.3, 0.4) is 0 Å². The maximum atomic E-state index is 2.62. The molecule has 0 saturated carbocycles. The van der Waals surface area contributed by atoms with Crippen LogP contribution >= 0.6 is 0 Å². The van der Waals surface area contributed by atoms with Gasteiger partial charge in [-0.15, -0.1) is 0 Å². The number of piperidine rings is 1. The molecular weight excluding hydrogens is 220 g/mol. The fourth-order valence-corrected chi connectivity index (χ4v) is 2.81. The molecule has 1 fully saturated rings. The summed E-state index contributed by atoms with van der Waals surface area (Å²) in [5.74, 6) is 0.893. The summed E-state index contributed by atoms with van der Waals surface area (Å²) in [6.45, 7) is 4.90. The first-order chi connectivity index (χ1) is 8.74. The molecule has 1 heterocycles. The van der Waals surface area contributed by atoms with Crippen LogP contribution in [0.2, 0.25) is 0 Å². The van der Waals surface area contributed by atoms with Crippen LogP contribution in [0, 0.1) is 5.92 Å². The third-order valence-corrected chi connectivity index (χ3v) is 3.84. The summed E-state index contributed by atoms with van der Waals surface area (Å²) in [5, 5.41) is 0. The maximum Gasteiger partial charge on any atom is 0.0233 e. The molecule has 100 valence electrons. The second-order valence-corrected chi connectivity index (χ2v) is 5.82. The van der Waals surface area contributed by atoms with Crippen molar-refractivity contribution in [3.05, 3.63) is 35.9 Å². The Bertz CT molecular complexity index is 334. The van der Waals surface area contributed by atoms with Crippen LogP contribution in [0.25, 0.3) is 0 Å². The van der Waals surface area contributed by atoms with E-state index < -0.39 is 0 Å². The highest BCUT2D eigenvalue weighted by atomic mass is 15.1. The highest BCUT2D eigenvalue weighted by Crippen LogP contribution is 2.21. The molecule has 0 radical (unpaired) electrons. The zero-order chi connectivity index (χ0) is 12.8. The van der Waals surface area contributed by atoms with Crippen LogP contribution < -0.4 is 0 Å². The summed E-state index contributed by atoms with van der Waals surface area (Å²) in [7, 11) is 4.34. The van der Waals surface area contributed by atoms with Crippen molar-refractivity contribution in [3.63, 3.8) is 0 Å². The number of nitrogens with zero attached hydrogens (tertiary/aromatic N) is 2. The molecule has 1 aromatic rings. The molecule has 0 aromatic heterocycles. The van der Waals surface area contributed by atoms with Crippen LogP contribution in [0.5, 0.6) is 0 Å². The number of hydrogen-bond acceptors (Lipinski definition) is 2. The number of rotatable bonds is 5. The van der Waals surface area contributed by atoms with Gasteiger partial charge in [-0.05, 0) is 57.9 Å². The van der Waals surface area contributed by atoms with E-state index in [2.05, 4.69) is 54.2 Å². The summed E-state index contributed by atoms with van der Waals surface area (Å²) in [4.78, 5) is 4.93. The molecule has 1 aromatic carbocycles. The van der Waals surface area contributed by atoms with Crippen molar-refractivity contribution >= 4 is 0 Å². The van der Waals surface area contributed by atoms with E-state index in [1.807, 2.05) is 0 Å². The summed E-state index contributed by atoms with van der Waals surface area (Å²) in [6.07, 6.45) is 4.13. The molecule has 2 heteroatoms. The molecular formula is C16H26N2. The minimum atomic E-state index is 0.893. The third kappa shape index (κ3) is 4.43. The second-order valence-electron chi connectivity index (χ2n) is 5.82. The molecule has 0 amide bonds. The molecule has 18 heavy (non-hydrogen) atoms. The lowest BCUT2D eigenvalue weighted by Gasteiger charge is -2.33. The van der Waals surface area contributed by atoms with Gasteiger partial charge in [0.15, 0.2) is 0 Å². The average Bonchev–Trinajstić information content (AvgIpc) is 2.38. The Hall–Kier alpha value is -0.860. The largest absolute Gasteiger partial charge is 0.309 e. The predicted octanol–water partition coefficient (Wildman–Crippen LogP) is 2.85. The third-order valence-electron chi connectivity index (χ3n) is 3.84. The summed E-state index contributed by atoms with van der Waals surface area (Å²) < 4.78 is 0. The van der Waals surface area contributed by atoms with Crippen molar-refractivity contribution in [1.29, 1.82) is 0 Å².